The second-order valence-electron chi connectivity index (χ2n) is 6.66. The monoisotopic (exact) mass is 392 g/mol. The van der Waals surface area contributed by atoms with Crippen LogP contribution in [0.3, 0.4) is 0 Å². The van der Waals surface area contributed by atoms with Gasteiger partial charge >= 0.3 is 17.9 Å². The largest absolute Gasteiger partial charge is 0.478 e. The van der Waals surface area contributed by atoms with Gasteiger partial charge in [-0.1, -0.05) is 23.3 Å². The predicted molar refractivity (Wildman–Crippen MR) is 109 cm³/mol. The summed E-state index contributed by atoms with van der Waals surface area (Å²) in [6, 6.07) is 0. The Balaban J connectivity index is 4.22. The van der Waals surface area contributed by atoms with E-state index in [-0.39, 0.29) is 25.2 Å². The Morgan fingerprint density at radius 3 is 1.64 bits per heavy atom. The van der Waals surface area contributed by atoms with Gasteiger partial charge in [-0.3, -0.25) is 4.79 Å². The lowest BCUT2D eigenvalue weighted by atomic mass is 10.1. The van der Waals surface area contributed by atoms with Crippen LogP contribution in [0.5, 0.6) is 0 Å². The van der Waals surface area contributed by atoms with Gasteiger partial charge in [0.1, 0.15) is 13.2 Å². The van der Waals surface area contributed by atoms with Crippen LogP contribution < -0.4 is 0 Å². The lowest BCUT2D eigenvalue weighted by molar-refractivity contribution is -0.140. The maximum absolute atomic E-state index is 12.0. The molecule has 28 heavy (non-hydrogen) atoms. The van der Waals surface area contributed by atoms with Crippen LogP contribution in [0.2, 0.25) is 0 Å². The molecule has 0 rings (SSSR count). The Morgan fingerprint density at radius 1 is 0.714 bits per heavy atom. The SMILES string of the molecule is CC(=O)OCC=C(C)CCC=C(C)C(=O)OCC=C(C)CCC=C(C)C(=O)O. The van der Waals surface area contributed by atoms with Crippen molar-refractivity contribution in [3.8, 4) is 0 Å². The first-order valence-electron chi connectivity index (χ1n) is 9.32. The molecule has 156 valence electrons. The molecule has 0 aliphatic heterocycles. The maximum Gasteiger partial charge on any atom is 0.333 e. The smallest absolute Gasteiger partial charge is 0.333 e. The van der Waals surface area contributed by atoms with E-state index in [0.29, 0.717) is 24.0 Å². The van der Waals surface area contributed by atoms with E-state index in [2.05, 4.69) is 0 Å². The molecule has 0 aliphatic rings. The number of esters is 2. The topological polar surface area (TPSA) is 89.9 Å². The third-order valence-corrected chi connectivity index (χ3v) is 4.00. The quantitative estimate of drug-likeness (QED) is 0.298. The van der Waals surface area contributed by atoms with Crippen molar-refractivity contribution in [2.45, 2.75) is 60.3 Å². The van der Waals surface area contributed by atoms with E-state index in [9.17, 15) is 14.4 Å². The lowest BCUT2D eigenvalue weighted by Crippen LogP contribution is -2.06. The van der Waals surface area contributed by atoms with Crippen molar-refractivity contribution in [1.29, 1.82) is 0 Å². The molecule has 0 amide bonds. The highest BCUT2D eigenvalue weighted by atomic mass is 16.5. The Kier molecular flexibility index (Phi) is 13.1. The van der Waals surface area contributed by atoms with E-state index in [0.717, 1.165) is 24.0 Å². The van der Waals surface area contributed by atoms with Crippen LogP contribution in [0.25, 0.3) is 0 Å². The zero-order valence-corrected chi connectivity index (χ0v) is 17.5. The van der Waals surface area contributed by atoms with E-state index in [1.807, 2.05) is 32.1 Å². The molecular weight excluding hydrogens is 360 g/mol. The van der Waals surface area contributed by atoms with Gasteiger partial charge in [0.15, 0.2) is 0 Å². The minimum atomic E-state index is -0.909. The van der Waals surface area contributed by atoms with E-state index in [1.165, 1.54) is 6.92 Å². The molecule has 1 N–H and O–H groups in total. The second-order valence-corrected chi connectivity index (χ2v) is 6.66. The number of carbonyl (C=O) groups excluding carboxylic acids is 2. The summed E-state index contributed by atoms with van der Waals surface area (Å²) >= 11 is 0. The highest BCUT2D eigenvalue weighted by Gasteiger charge is 2.04. The van der Waals surface area contributed by atoms with Crippen molar-refractivity contribution in [2.75, 3.05) is 13.2 Å². The van der Waals surface area contributed by atoms with E-state index in [1.54, 1.807) is 19.9 Å². The number of allylic oxidation sites excluding steroid dienone is 4. The predicted octanol–water partition coefficient (Wildman–Crippen LogP) is 4.52. The molecule has 0 aromatic carbocycles. The molecule has 0 aromatic rings. The average Bonchev–Trinajstić information content (AvgIpc) is 2.60. The maximum atomic E-state index is 12.0. The van der Waals surface area contributed by atoms with Crippen molar-refractivity contribution in [2.24, 2.45) is 0 Å². The molecule has 0 fully saturated rings. The molecule has 0 saturated heterocycles. The number of ether oxygens (including phenoxy) is 2. The van der Waals surface area contributed by atoms with Crippen LogP contribution in [-0.2, 0) is 23.9 Å². The number of carbonyl (C=O) groups is 3. The minimum absolute atomic E-state index is 0.193. The molecule has 0 radical (unpaired) electrons. The van der Waals surface area contributed by atoms with Gasteiger partial charge in [-0.2, -0.15) is 0 Å². The Hall–Kier alpha value is -2.63. The number of carboxylic acids is 1. The summed E-state index contributed by atoms with van der Waals surface area (Å²) in [4.78, 5) is 33.4. The number of carboxylic acid groups (broad SMARTS) is 1. The highest BCUT2D eigenvalue weighted by Crippen LogP contribution is 2.09. The summed E-state index contributed by atoms with van der Waals surface area (Å²) < 4.78 is 10.1. The average molecular weight is 392 g/mol. The van der Waals surface area contributed by atoms with Crippen LogP contribution in [0.1, 0.15) is 60.3 Å². The Labute approximate surface area is 167 Å². The lowest BCUT2D eigenvalue weighted by Gasteiger charge is -2.04. The standard InChI is InChI=1S/C22H32O6/c1-16(12-14-27-20(5)23)9-7-11-19(4)22(26)28-15-13-17(2)8-6-10-18(3)21(24)25/h10-13H,6-9,14-15H2,1-5H3,(H,24,25). The van der Waals surface area contributed by atoms with Crippen molar-refractivity contribution in [3.63, 3.8) is 0 Å². The summed E-state index contributed by atoms with van der Waals surface area (Å²) in [5, 5.41) is 8.79. The first kappa shape index (κ1) is 25.4. The zero-order chi connectivity index (χ0) is 21.5. The molecule has 0 aliphatic carbocycles. The summed E-state index contributed by atoms with van der Waals surface area (Å²) in [6.07, 6.45) is 10.0. The van der Waals surface area contributed by atoms with Crippen LogP contribution in [0.4, 0.5) is 0 Å². The molecule has 0 spiro atoms. The number of hydrogen-bond donors (Lipinski definition) is 1. The van der Waals surface area contributed by atoms with Crippen molar-refractivity contribution in [1.82, 2.24) is 0 Å². The second kappa shape index (κ2) is 14.4. The summed E-state index contributed by atoms with van der Waals surface area (Å²) in [6.45, 7) is 8.99. The summed E-state index contributed by atoms with van der Waals surface area (Å²) in [5.74, 6) is -1.57. The first-order valence-corrected chi connectivity index (χ1v) is 9.32. The van der Waals surface area contributed by atoms with E-state index >= 15 is 0 Å². The van der Waals surface area contributed by atoms with E-state index < -0.39 is 5.97 Å². The summed E-state index contributed by atoms with van der Waals surface area (Å²) in [7, 11) is 0. The van der Waals surface area contributed by atoms with Crippen molar-refractivity contribution in [3.05, 3.63) is 46.6 Å². The normalized spacial score (nSPS) is 13.3. The van der Waals surface area contributed by atoms with Crippen LogP contribution in [-0.4, -0.2) is 36.2 Å². The van der Waals surface area contributed by atoms with Gasteiger partial charge in [-0.15, -0.1) is 0 Å². The van der Waals surface area contributed by atoms with Crippen LogP contribution in [0.15, 0.2) is 46.6 Å². The van der Waals surface area contributed by atoms with Gasteiger partial charge < -0.3 is 14.6 Å². The first-order chi connectivity index (χ1) is 13.1. The molecule has 6 heteroatoms. The fraction of sp³-hybridized carbons (Fsp3) is 0.500. The van der Waals surface area contributed by atoms with Gasteiger partial charge in [0.25, 0.3) is 0 Å². The van der Waals surface area contributed by atoms with E-state index in [4.69, 9.17) is 14.6 Å². The minimum Gasteiger partial charge on any atom is -0.478 e. The summed E-state index contributed by atoms with van der Waals surface area (Å²) in [5.41, 5.74) is 3.01. The van der Waals surface area contributed by atoms with Crippen molar-refractivity contribution < 1.29 is 29.0 Å². The zero-order valence-electron chi connectivity index (χ0n) is 17.5. The van der Waals surface area contributed by atoms with Gasteiger partial charge in [0.05, 0.1) is 0 Å². The highest BCUT2D eigenvalue weighted by molar-refractivity contribution is 5.87. The molecule has 0 unspecified atom stereocenters. The van der Waals surface area contributed by atoms with Gasteiger partial charge in [-0.05, 0) is 65.5 Å². The molecule has 0 atom stereocenters. The molecular formula is C22H32O6. The number of hydrogen-bond acceptors (Lipinski definition) is 5. The molecule has 0 saturated carbocycles. The Bertz CT molecular complexity index is 665. The number of aliphatic carboxylic acids is 1. The number of rotatable bonds is 12. The third kappa shape index (κ3) is 13.6. The van der Waals surface area contributed by atoms with Gasteiger partial charge in [-0.25, -0.2) is 9.59 Å². The third-order valence-electron chi connectivity index (χ3n) is 4.00. The molecule has 0 heterocycles. The van der Waals surface area contributed by atoms with Gasteiger partial charge in [0.2, 0.25) is 0 Å². The van der Waals surface area contributed by atoms with Crippen LogP contribution >= 0.6 is 0 Å². The fourth-order valence-corrected chi connectivity index (χ4v) is 2.08. The van der Waals surface area contributed by atoms with Crippen LogP contribution in [0, 0.1) is 0 Å². The molecule has 0 aromatic heterocycles. The molecule has 6 nitrogen and oxygen atoms in total. The fourth-order valence-electron chi connectivity index (χ4n) is 2.08. The molecule has 0 bridgehead atoms. The van der Waals surface area contributed by atoms with Crippen molar-refractivity contribution >= 4 is 17.9 Å². The Morgan fingerprint density at radius 2 is 1.18 bits per heavy atom. The van der Waals surface area contributed by atoms with Gasteiger partial charge in [0, 0.05) is 18.1 Å².